The van der Waals surface area contributed by atoms with Crippen LogP contribution < -0.4 is 9.47 Å². The van der Waals surface area contributed by atoms with E-state index in [0.717, 1.165) is 22.9 Å². The highest BCUT2D eigenvalue weighted by Crippen LogP contribution is 2.39. The molecule has 10 heteroatoms. The summed E-state index contributed by atoms with van der Waals surface area (Å²) in [5.74, 6) is -2.98. The Morgan fingerprint density at radius 2 is 1.44 bits per heavy atom. The van der Waals surface area contributed by atoms with Crippen LogP contribution in [0.2, 0.25) is 5.02 Å². The van der Waals surface area contributed by atoms with Crippen LogP contribution in [0, 0.1) is 11.8 Å². The summed E-state index contributed by atoms with van der Waals surface area (Å²) in [4.78, 5) is 66.1. The van der Waals surface area contributed by atoms with Gasteiger partial charge in [0.2, 0.25) is 0 Å². The highest BCUT2D eigenvalue weighted by Gasteiger charge is 2.51. The van der Waals surface area contributed by atoms with Gasteiger partial charge in [-0.15, -0.1) is 0 Å². The van der Waals surface area contributed by atoms with Gasteiger partial charge in [-0.05, 0) is 79.6 Å². The minimum atomic E-state index is -0.667. The molecule has 3 aromatic carbocycles. The van der Waals surface area contributed by atoms with E-state index >= 15 is 0 Å². The monoisotopic (exact) mass is 574 g/mol. The SMILES string of the molecule is COc1cccc(C(=O)Oc2ccc(C(=O)CN(C(=O)c3ccc(Cl)cc3)N3C(=O)[C@@H]4CCCC[C@H]4C3=O)cc2)c1. The van der Waals surface area contributed by atoms with Gasteiger partial charge >= 0.3 is 5.97 Å². The van der Waals surface area contributed by atoms with Crippen molar-refractivity contribution in [3.8, 4) is 11.5 Å². The molecule has 1 saturated carbocycles. The molecule has 1 aliphatic carbocycles. The summed E-state index contributed by atoms with van der Waals surface area (Å²) >= 11 is 5.97. The van der Waals surface area contributed by atoms with Gasteiger partial charge in [-0.1, -0.05) is 30.5 Å². The van der Waals surface area contributed by atoms with Crippen molar-refractivity contribution in [1.29, 1.82) is 0 Å². The fourth-order valence-electron chi connectivity index (χ4n) is 5.21. The largest absolute Gasteiger partial charge is 0.497 e. The summed E-state index contributed by atoms with van der Waals surface area (Å²) in [5, 5.41) is 2.21. The third-order valence-corrected chi connectivity index (χ3v) is 7.62. The second kappa shape index (κ2) is 11.9. The number of Topliss-reactive ketones (excluding diaryl/α,β-unsaturated/α-hetero) is 1. The van der Waals surface area contributed by atoms with E-state index in [9.17, 15) is 24.0 Å². The number of rotatable bonds is 8. The van der Waals surface area contributed by atoms with Crippen molar-refractivity contribution < 1.29 is 33.4 Å². The number of hydrogen-bond acceptors (Lipinski definition) is 7. The lowest BCUT2D eigenvalue weighted by Crippen LogP contribution is -2.52. The number of carbonyl (C=O) groups excluding carboxylic acids is 5. The molecule has 0 unspecified atom stereocenters. The number of fused-ring (bicyclic) bond motifs is 1. The topological polar surface area (TPSA) is 110 Å². The Kier molecular flexibility index (Phi) is 8.16. The number of ether oxygens (including phenoxy) is 2. The van der Waals surface area contributed by atoms with Gasteiger partial charge in [0.25, 0.3) is 17.7 Å². The van der Waals surface area contributed by atoms with Gasteiger partial charge < -0.3 is 9.47 Å². The maximum absolute atomic E-state index is 13.6. The van der Waals surface area contributed by atoms with E-state index < -0.39 is 47.9 Å². The Morgan fingerprint density at radius 1 is 0.829 bits per heavy atom. The zero-order valence-electron chi connectivity index (χ0n) is 22.2. The normalized spacial score (nSPS) is 18.0. The van der Waals surface area contributed by atoms with Crippen LogP contribution in [0.4, 0.5) is 0 Å². The van der Waals surface area contributed by atoms with Crippen molar-refractivity contribution in [2.24, 2.45) is 11.8 Å². The molecule has 0 spiro atoms. The molecular weight excluding hydrogens is 548 g/mol. The van der Waals surface area contributed by atoms with Crippen LogP contribution in [0.25, 0.3) is 0 Å². The van der Waals surface area contributed by atoms with E-state index in [1.54, 1.807) is 24.3 Å². The Hall–Kier alpha value is -4.50. The van der Waals surface area contributed by atoms with Gasteiger partial charge in [-0.3, -0.25) is 19.2 Å². The first-order chi connectivity index (χ1) is 19.8. The number of carbonyl (C=O) groups is 5. The molecule has 9 nitrogen and oxygen atoms in total. The lowest BCUT2D eigenvalue weighted by molar-refractivity contribution is -0.154. The lowest BCUT2D eigenvalue weighted by Gasteiger charge is -2.30. The summed E-state index contributed by atoms with van der Waals surface area (Å²) in [6.07, 6.45) is 2.79. The van der Waals surface area contributed by atoms with E-state index in [2.05, 4.69) is 0 Å². The Balaban J connectivity index is 1.36. The van der Waals surface area contributed by atoms with Crippen molar-refractivity contribution in [3.05, 3.63) is 94.5 Å². The number of methoxy groups -OCH3 is 1. The van der Waals surface area contributed by atoms with Gasteiger partial charge in [0.05, 0.1) is 24.5 Å². The molecule has 0 radical (unpaired) electrons. The van der Waals surface area contributed by atoms with Crippen molar-refractivity contribution in [2.75, 3.05) is 13.7 Å². The molecule has 5 rings (SSSR count). The summed E-state index contributed by atoms with van der Waals surface area (Å²) < 4.78 is 10.5. The molecule has 3 aromatic rings. The minimum Gasteiger partial charge on any atom is -0.497 e. The van der Waals surface area contributed by atoms with Gasteiger partial charge in [0, 0.05) is 16.1 Å². The highest BCUT2D eigenvalue weighted by molar-refractivity contribution is 6.30. The average molecular weight is 575 g/mol. The summed E-state index contributed by atoms with van der Waals surface area (Å²) in [6.45, 7) is -0.540. The maximum atomic E-state index is 13.6. The molecule has 2 aliphatic rings. The molecule has 2 fully saturated rings. The van der Waals surface area contributed by atoms with Crippen LogP contribution in [0.15, 0.2) is 72.8 Å². The number of hydrogen-bond donors (Lipinski definition) is 0. The molecule has 0 bridgehead atoms. The first-order valence-electron chi connectivity index (χ1n) is 13.2. The number of nitrogens with zero attached hydrogens (tertiary/aromatic N) is 2. The molecule has 1 aliphatic heterocycles. The van der Waals surface area contributed by atoms with Crippen LogP contribution in [0.5, 0.6) is 11.5 Å². The first-order valence-corrected chi connectivity index (χ1v) is 13.6. The van der Waals surface area contributed by atoms with Crippen molar-refractivity contribution in [1.82, 2.24) is 10.0 Å². The summed E-state index contributed by atoms with van der Waals surface area (Å²) in [6, 6.07) is 18.3. The van der Waals surface area contributed by atoms with Crippen LogP contribution in [-0.2, 0) is 9.59 Å². The average Bonchev–Trinajstić information content (AvgIpc) is 3.25. The molecule has 1 saturated heterocycles. The van der Waals surface area contributed by atoms with Gasteiger partial charge in [0.15, 0.2) is 5.78 Å². The first kappa shape index (κ1) is 28.0. The van der Waals surface area contributed by atoms with E-state index in [1.165, 1.54) is 55.6 Å². The Labute approximate surface area is 241 Å². The molecule has 2 atom stereocenters. The molecule has 0 aromatic heterocycles. The van der Waals surface area contributed by atoms with Crippen LogP contribution >= 0.6 is 11.6 Å². The predicted molar refractivity (Wildman–Crippen MR) is 149 cm³/mol. The van der Waals surface area contributed by atoms with Crippen molar-refractivity contribution in [2.45, 2.75) is 25.7 Å². The fourth-order valence-corrected chi connectivity index (χ4v) is 5.34. The Morgan fingerprint density at radius 3 is 2.05 bits per heavy atom. The second-order valence-electron chi connectivity index (χ2n) is 9.92. The van der Waals surface area contributed by atoms with E-state index in [-0.39, 0.29) is 16.9 Å². The molecule has 1 heterocycles. The lowest BCUT2D eigenvalue weighted by atomic mass is 9.81. The molecule has 210 valence electrons. The fraction of sp³-hybridized carbons (Fsp3) is 0.258. The zero-order valence-corrected chi connectivity index (χ0v) is 23.0. The number of hydrazine groups is 1. The van der Waals surface area contributed by atoms with E-state index in [1.807, 2.05) is 0 Å². The third kappa shape index (κ3) is 5.85. The summed E-state index contributed by atoms with van der Waals surface area (Å²) in [7, 11) is 1.49. The van der Waals surface area contributed by atoms with E-state index in [4.69, 9.17) is 21.1 Å². The molecule has 0 N–H and O–H groups in total. The standard InChI is InChI=1S/C31H27ClN2O7/c1-40-24-6-4-5-21(17-24)31(39)41-23-15-11-19(12-16-23)27(35)18-33(28(36)20-9-13-22(32)14-10-20)34-29(37)25-7-2-3-8-26(25)30(34)38/h4-6,9-17,25-26H,2-3,7-8,18H2,1H3/t25-,26-/m1/s1. The molecular formula is C31H27ClN2O7. The maximum Gasteiger partial charge on any atom is 0.343 e. The summed E-state index contributed by atoms with van der Waals surface area (Å²) in [5.41, 5.74) is 0.676. The number of ketones is 1. The second-order valence-corrected chi connectivity index (χ2v) is 10.4. The number of imide groups is 1. The number of benzene rings is 3. The molecule has 41 heavy (non-hydrogen) atoms. The smallest absolute Gasteiger partial charge is 0.343 e. The van der Waals surface area contributed by atoms with Gasteiger partial charge in [0.1, 0.15) is 18.0 Å². The van der Waals surface area contributed by atoms with Gasteiger partial charge in [-0.25, -0.2) is 9.80 Å². The highest BCUT2D eigenvalue weighted by atomic mass is 35.5. The zero-order chi connectivity index (χ0) is 29.1. The van der Waals surface area contributed by atoms with Crippen molar-refractivity contribution >= 4 is 41.1 Å². The number of esters is 1. The number of halogens is 1. The minimum absolute atomic E-state index is 0.178. The van der Waals surface area contributed by atoms with Crippen molar-refractivity contribution in [3.63, 3.8) is 0 Å². The van der Waals surface area contributed by atoms with Crippen LogP contribution in [0.3, 0.4) is 0 Å². The third-order valence-electron chi connectivity index (χ3n) is 7.37. The van der Waals surface area contributed by atoms with E-state index in [0.29, 0.717) is 29.2 Å². The quantitative estimate of drug-likeness (QED) is 0.161. The van der Waals surface area contributed by atoms with Crippen LogP contribution in [-0.4, -0.2) is 53.1 Å². The molecule has 3 amide bonds. The Bertz CT molecular complexity index is 1480. The van der Waals surface area contributed by atoms with Crippen LogP contribution in [0.1, 0.15) is 56.8 Å². The van der Waals surface area contributed by atoms with Gasteiger partial charge in [-0.2, -0.15) is 5.01 Å². The predicted octanol–water partition coefficient (Wildman–Crippen LogP) is 4.98. The number of amides is 3.